The quantitative estimate of drug-likeness (QED) is 0.730. The summed E-state index contributed by atoms with van der Waals surface area (Å²) in [5.74, 6) is 1.48. The monoisotopic (exact) mass is 292 g/mol. The van der Waals surface area contributed by atoms with E-state index in [0.717, 1.165) is 0 Å². The predicted octanol–water partition coefficient (Wildman–Crippen LogP) is 2.43. The van der Waals surface area contributed by atoms with Crippen molar-refractivity contribution >= 4 is 17.5 Å². The van der Waals surface area contributed by atoms with Crippen molar-refractivity contribution in [2.75, 3.05) is 13.7 Å². The average Bonchev–Trinajstić information content (AvgIpc) is 2.85. The standard InChI is InChI=1S/C14H16N2O3S/c1-10-5-3-4-6-12(10)20-9-13-15-14(19-16-13)7-11(17)8-18-2/h3-6H,7-9H2,1-2H3. The molecular formula is C14H16N2O3S. The van der Waals surface area contributed by atoms with E-state index in [1.807, 2.05) is 12.1 Å². The molecule has 5 nitrogen and oxygen atoms in total. The van der Waals surface area contributed by atoms with Crippen LogP contribution in [0.15, 0.2) is 33.7 Å². The molecule has 2 aromatic rings. The van der Waals surface area contributed by atoms with Gasteiger partial charge in [0.1, 0.15) is 6.61 Å². The van der Waals surface area contributed by atoms with Crippen LogP contribution in [-0.4, -0.2) is 29.6 Å². The van der Waals surface area contributed by atoms with Crippen molar-refractivity contribution in [3.63, 3.8) is 0 Å². The fraction of sp³-hybridized carbons (Fsp3) is 0.357. The lowest BCUT2D eigenvalue weighted by Gasteiger charge is -2.01. The molecule has 0 unspecified atom stereocenters. The first-order valence-electron chi connectivity index (χ1n) is 6.19. The number of carbonyl (C=O) groups excluding carboxylic acids is 1. The fourth-order valence-corrected chi connectivity index (χ4v) is 2.53. The van der Waals surface area contributed by atoms with Crippen LogP contribution in [0.3, 0.4) is 0 Å². The van der Waals surface area contributed by atoms with Crippen molar-refractivity contribution < 1.29 is 14.1 Å². The number of thioether (sulfide) groups is 1. The van der Waals surface area contributed by atoms with E-state index < -0.39 is 0 Å². The largest absolute Gasteiger partial charge is 0.377 e. The molecule has 0 aliphatic rings. The molecular weight excluding hydrogens is 276 g/mol. The Labute approximate surface area is 121 Å². The van der Waals surface area contributed by atoms with Crippen LogP contribution in [0.5, 0.6) is 0 Å². The van der Waals surface area contributed by atoms with E-state index >= 15 is 0 Å². The minimum absolute atomic E-state index is 0.0652. The first-order chi connectivity index (χ1) is 9.69. The van der Waals surface area contributed by atoms with Crippen molar-refractivity contribution in [3.8, 4) is 0 Å². The SMILES string of the molecule is COCC(=O)Cc1nc(CSc2ccccc2C)no1. The van der Waals surface area contributed by atoms with Gasteiger partial charge in [-0.25, -0.2) is 0 Å². The van der Waals surface area contributed by atoms with E-state index in [1.165, 1.54) is 17.6 Å². The Bertz CT molecular complexity index is 583. The number of ketones is 1. The van der Waals surface area contributed by atoms with Gasteiger partial charge in [0.15, 0.2) is 11.6 Å². The Morgan fingerprint density at radius 2 is 2.20 bits per heavy atom. The average molecular weight is 292 g/mol. The number of nitrogens with zero attached hydrogens (tertiary/aromatic N) is 2. The number of methoxy groups -OCH3 is 1. The fourth-order valence-electron chi connectivity index (χ4n) is 1.66. The zero-order valence-electron chi connectivity index (χ0n) is 11.5. The second-order valence-corrected chi connectivity index (χ2v) is 5.32. The maximum absolute atomic E-state index is 11.4. The Hall–Kier alpha value is -1.66. The molecule has 2 rings (SSSR count). The minimum Gasteiger partial charge on any atom is -0.377 e. The van der Waals surface area contributed by atoms with Crippen LogP contribution in [0.4, 0.5) is 0 Å². The number of carbonyl (C=O) groups is 1. The Morgan fingerprint density at radius 3 is 2.95 bits per heavy atom. The molecule has 1 aromatic heterocycles. The maximum atomic E-state index is 11.4. The highest BCUT2D eigenvalue weighted by molar-refractivity contribution is 7.98. The number of hydrogen-bond acceptors (Lipinski definition) is 6. The van der Waals surface area contributed by atoms with Crippen LogP contribution >= 0.6 is 11.8 Å². The van der Waals surface area contributed by atoms with Gasteiger partial charge >= 0.3 is 0 Å². The lowest BCUT2D eigenvalue weighted by atomic mass is 10.2. The van der Waals surface area contributed by atoms with Gasteiger partial charge in [0, 0.05) is 12.0 Å². The van der Waals surface area contributed by atoms with Gasteiger partial charge in [0.2, 0.25) is 5.89 Å². The molecule has 0 radical (unpaired) electrons. The third-order valence-corrected chi connectivity index (χ3v) is 3.79. The smallest absolute Gasteiger partial charge is 0.234 e. The van der Waals surface area contributed by atoms with Crippen LogP contribution < -0.4 is 0 Å². The van der Waals surface area contributed by atoms with Gasteiger partial charge in [-0.1, -0.05) is 23.4 Å². The van der Waals surface area contributed by atoms with Gasteiger partial charge in [0.05, 0.1) is 12.2 Å². The van der Waals surface area contributed by atoms with Gasteiger partial charge in [0.25, 0.3) is 0 Å². The Balaban J connectivity index is 1.90. The number of aryl methyl sites for hydroxylation is 1. The van der Waals surface area contributed by atoms with E-state index in [4.69, 9.17) is 9.26 Å². The third-order valence-electron chi connectivity index (χ3n) is 2.61. The molecule has 0 N–H and O–H groups in total. The molecule has 6 heteroatoms. The van der Waals surface area contributed by atoms with Crippen LogP contribution in [0, 0.1) is 6.92 Å². The second-order valence-electron chi connectivity index (χ2n) is 4.31. The van der Waals surface area contributed by atoms with Gasteiger partial charge in [-0.05, 0) is 18.6 Å². The number of hydrogen-bond donors (Lipinski definition) is 0. The molecule has 106 valence electrons. The molecule has 1 heterocycles. The number of ether oxygens (including phenoxy) is 1. The van der Waals surface area contributed by atoms with E-state index in [-0.39, 0.29) is 18.8 Å². The predicted molar refractivity (Wildman–Crippen MR) is 75.6 cm³/mol. The Kier molecular flexibility index (Phi) is 5.31. The zero-order chi connectivity index (χ0) is 14.4. The van der Waals surface area contributed by atoms with Gasteiger partial charge in [-0.3, -0.25) is 4.79 Å². The molecule has 0 saturated carbocycles. The summed E-state index contributed by atoms with van der Waals surface area (Å²) in [5.41, 5.74) is 1.22. The third kappa shape index (κ3) is 4.18. The van der Waals surface area contributed by atoms with Gasteiger partial charge in [-0.15, -0.1) is 11.8 Å². The van der Waals surface area contributed by atoms with Crippen molar-refractivity contribution in [2.24, 2.45) is 0 Å². The van der Waals surface area contributed by atoms with E-state index in [1.54, 1.807) is 11.8 Å². The van der Waals surface area contributed by atoms with E-state index in [2.05, 4.69) is 29.2 Å². The van der Waals surface area contributed by atoms with Crippen molar-refractivity contribution in [1.29, 1.82) is 0 Å². The van der Waals surface area contributed by atoms with Crippen LogP contribution in [0.25, 0.3) is 0 Å². The summed E-state index contributed by atoms with van der Waals surface area (Å²) >= 11 is 1.65. The van der Waals surface area contributed by atoms with Gasteiger partial charge in [-0.2, -0.15) is 4.98 Å². The number of benzene rings is 1. The molecule has 0 bridgehead atoms. The molecule has 0 aliphatic carbocycles. The summed E-state index contributed by atoms with van der Waals surface area (Å²) in [5, 5.41) is 3.87. The topological polar surface area (TPSA) is 65.2 Å². The number of rotatable bonds is 7. The van der Waals surface area contributed by atoms with Crippen molar-refractivity contribution in [2.45, 2.75) is 24.0 Å². The van der Waals surface area contributed by atoms with Crippen molar-refractivity contribution in [3.05, 3.63) is 41.5 Å². The lowest BCUT2D eigenvalue weighted by molar-refractivity contribution is -0.122. The minimum atomic E-state index is -0.0748. The number of Topliss-reactive ketones (excluding diaryl/α,β-unsaturated/α-hetero) is 1. The van der Waals surface area contributed by atoms with Crippen LogP contribution in [-0.2, 0) is 21.7 Å². The molecule has 0 fully saturated rings. The highest BCUT2D eigenvalue weighted by Crippen LogP contribution is 2.24. The second kappa shape index (κ2) is 7.21. The molecule has 0 spiro atoms. The summed E-state index contributed by atoms with van der Waals surface area (Å²) in [6, 6.07) is 8.13. The summed E-state index contributed by atoms with van der Waals surface area (Å²) in [6.07, 6.45) is 0.121. The van der Waals surface area contributed by atoms with E-state index in [0.29, 0.717) is 17.5 Å². The normalized spacial score (nSPS) is 10.7. The molecule has 0 saturated heterocycles. The zero-order valence-corrected chi connectivity index (χ0v) is 12.3. The summed E-state index contributed by atoms with van der Waals surface area (Å²) in [6.45, 7) is 2.13. The molecule has 0 atom stereocenters. The van der Waals surface area contributed by atoms with Crippen LogP contribution in [0.2, 0.25) is 0 Å². The molecule has 0 aliphatic heterocycles. The summed E-state index contributed by atoms with van der Waals surface area (Å²) in [4.78, 5) is 16.8. The first-order valence-corrected chi connectivity index (χ1v) is 7.18. The van der Waals surface area contributed by atoms with E-state index in [9.17, 15) is 4.79 Å². The molecule has 0 amide bonds. The lowest BCUT2D eigenvalue weighted by Crippen LogP contribution is -2.09. The van der Waals surface area contributed by atoms with Crippen molar-refractivity contribution in [1.82, 2.24) is 10.1 Å². The molecule has 1 aromatic carbocycles. The Morgan fingerprint density at radius 1 is 1.40 bits per heavy atom. The highest BCUT2D eigenvalue weighted by atomic mass is 32.2. The van der Waals surface area contributed by atoms with Crippen LogP contribution in [0.1, 0.15) is 17.3 Å². The highest BCUT2D eigenvalue weighted by Gasteiger charge is 2.11. The number of aromatic nitrogens is 2. The molecule has 20 heavy (non-hydrogen) atoms. The van der Waals surface area contributed by atoms with Gasteiger partial charge < -0.3 is 9.26 Å². The first kappa shape index (κ1) is 14.7. The maximum Gasteiger partial charge on any atom is 0.234 e. The summed E-state index contributed by atoms with van der Waals surface area (Å²) in [7, 11) is 1.48. The summed E-state index contributed by atoms with van der Waals surface area (Å²) < 4.78 is 9.81.